The van der Waals surface area contributed by atoms with Crippen LogP contribution in [0.5, 0.6) is 0 Å². The van der Waals surface area contributed by atoms with Gasteiger partial charge in [0.15, 0.2) is 0 Å². The van der Waals surface area contributed by atoms with Crippen LogP contribution < -0.4 is 10.6 Å². The van der Waals surface area contributed by atoms with E-state index in [9.17, 15) is 9.18 Å². The number of rotatable bonds is 4. The topological polar surface area (TPSA) is 41.1 Å². The smallest absolute Gasteiger partial charge is 0.238 e. The van der Waals surface area contributed by atoms with Gasteiger partial charge in [0, 0.05) is 11.1 Å². The standard InChI is InChI=1S/C11H12ClFN2O/c12-7-1-4-9(13)10(5-7)15-11(16)6-14-8-2-3-8/h1,4-5,8,14H,2-3,6H2,(H,15,16). The highest BCUT2D eigenvalue weighted by atomic mass is 35.5. The van der Waals surface area contributed by atoms with Crippen LogP contribution in [-0.2, 0) is 4.79 Å². The molecule has 1 aliphatic carbocycles. The summed E-state index contributed by atoms with van der Waals surface area (Å²) in [5.74, 6) is -0.739. The van der Waals surface area contributed by atoms with E-state index >= 15 is 0 Å². The highest BCUT2D eigenvalue weighted by Gasteiger charge is 2.21. The van der Waals surface area contributed by atoms with Crippen LogP contribution in [0.15, 0.2) is 18.2 Å². The summed E-state index contributed by atoms with van der Waals surface area (Å²) in [7, 11) is 0. The minimum atomic E-state index is -0.482. The Balaban J connectivity index is 1.91. The molecule has 5 heteroatoms. The van der Waals surface area contributed by atoms with Crippen LogP contribution in [-0.4, -0.2) is 18.5 Å². The van der Waals surface area contributed by atoms with E-state index in [2.05, 4.69) is 10.6 Å². The lowest BCUT2D eigenvalue weighted by atomic mass is 10.3. The van der Waals surface area contributed by atoms with Gasteiger partial charge in [0.05, 0.1) is 12.2 Å². The zero-order valence-electron chi connectivity index (χ0n) is 8.59. The number of anilines is 1. The van der Waals surface area contributed by atoms with Crippen molar-refractivity contribution in [2.45, 2.75) is 18.9 Å². The fourth-order valence-corrected chi connectivity index (χ4v) is 1.48. The molecule has 0 unspecified atom stereocenters. The number of carbonyl (C=O) groups is 1. The van der Waals surface area contributed by atoms with E-state index in [0.717, 1.165) is 12.8 Å². The molecule has 0 aromatic heterocycles. The number of nitrogens with one attached hydrogen (secondary N) is 2. The van der Waals surface area contributed by atoms with Gasteiger partial charge in [0.25, 0.3) is 0 Å². The van der Waals surface area contributed by atoms with E-state index < -0.39 is 5.82 Å². The second-order valence-corrected chi connectivity index (χ2v) is 4.26. The van der Waals surface area contributed by atoms with Crippen molar-refractivity contribution < 1.29 is 9.18 Å². The Hall–Kier alpha value is -1.13. The third kappa shape index (κ3) is 3.18. The Morgan fingerprint density at radius 1 is 1.50 bits per heavy atom. The van der Waals surface area contributed by atoms with Gasteiger partial charge < -0.3 is 10.6 Å². The molecule has 1 saturated carbocycles. The van der Waals surface area contributed by atoms with Crippen molar-refractivity contribution in [1.82, 2.24) is 5.32 Å². The van der Waals surface area contributed by atoms with Crippen molar-refractivity contribution in [3.05, 3.63) is 29.0 Å². The maximum Gasteiger partial charge on any atom is 0.238 e. The molecule has 2 rings (SSSR count). The zero-order valence-corrected chi connectivity index (χ0v) is 9.35. The predicted molar refractivity (Wildman–Crippen MR) is 61.1 cm³/mol. The predicted octanol–water partition coefficient (Wildman–Crippen LogP) is 2.17. The molecule has 0 heterocycles. The summed E-state index contributed by atoms with van der Waals surface area (Å²) in [6.07, 6.45) is 2.22. The molecule has 0 atom stereocenters. The number of hydrogen-bond donors (Lipinski definition) is 2. The SMILES string of the molecule is O=C(CNC1CC1)Nc1cc(Cl)ccc1F. The second kappa shape index (κ2) is 4.80. The van der Waals surface area contributed by atoms with E-state index in [1.54, 1.807) is 0 Å². The van der Waals surface area contributed by atoms with E-state index in [-0.39, 0.29) is 18.1 Å². The minimum absolute atomic E-state index is 0.120. The molecule has 1 aliphatic rings. The Labute approximate surface area is 98.0 Å². The average Bonchev–Trinajstić information content (AvgIpc) is 3.04. The summed E-state index contributed by atoms with van der Waals surface area (Å²) in [4.78, 5) is 11.4. The molecule has 1 aromatic rings. The molecule has 1 aromatic carbocycles. The first-order chi connectivity index (χ1) is 7.65. The van der Waals surface area contributed by atoms with E-state index in [0.29, 0.717) is 11.1 Å². The highest BCUT2D eigenvalue weighted by Crippen LogP contribution is 2.20. The van der Waals surface area contributed by atoms with Crippen LogP contribution in [0.1, 0.15) is 12.8 Å². The fourth-order valence-electron chi connectivity index (χ4n) is 1.31. The monoisotopic (exact) mass is 242 g/mol. The molecule has 1 fully saturated rings. The van der Waals surface area contributed by atoms with Crippen molar-refractivity contribution in [2.24, 2.45) is 0 Å². The number of hydrogen-bond acceptors (Lipinski definition) is 2. The van der Waals surface area contributed by atoms with E-state index in [4.69, 9.17) is 11.6 Å². The van der Waals surface area contributed by atoms with Crippen LogP contribution >= 0.6 is 11.6 Å². The Bertz CT molecular complexity index is 407. The molecular formula is C11H12ClFN2O. The van der Waals surface area contributed by atoms with Crippen LogP contribution in [0.25, 0.3) is 0 Å². The normalized spacial score (nSPS) is 14.9. The number of benzene rings is 1. The summed E-state index contributed by atoms with van der Waals surface area (Å²) in [5.41, 5.74) is 0.120. The Morgan fingerprint density at radius 2 is 2.25 bits per heavy atom. The van der Waals surface area contributed by atoms with Crippen molar-refractivity contribution in [2.75, 3.05) is 11.9 Å². The van der Waals surface area contributed by atoms with Crippen molar-refractivity contribution in [1.29, 1.82) is 0 Å². The maximum atomic E-state index is 13.2. The van der Waals surface area contributed by atoms with Gasteiger partial charge >= 0.3 is 0 Å². The van der Waals surface area contributed by atoms with Gasteiger partial charge in [-0.05, 0) is 31.0 Å². The third-order valence-electron chi connectivity index (χ3n) is 2.33. The van der Waals surface area contributed by atoms with Gasteiger partial charge in [0.2, 0.25) is 5.91 Å². The molecule has 0 radical (unpaired) electrons. The number of carbonyl (C=O) groups excluding carboxylic acids is 1. The molecule has 2 N–H and O–H groups in total. The molecule has 0 saturated heterocycles. The quantitative estimate of drug-likeness (QED) is 0.850. The number of halogens is 2. The van der Waals surface area contributed by atoms with Crippen LogP contribution in [0.3, 0.4) is 0 Å². The van der Waals surface area contributed by atoms with Gasteiger partial charge in [-0.3, -0.25) is 4.79 Å². The van der Waals surface area contributed by atoms with E-state index in [1.165, 1.54) is 18.2 Å². The van der Waals surface area contributed by atoms with Crippen LogP contribution in [0.4, 0.5) is 10.1 Å². The highest BCUT2D eigenvalue weighted by molar-refractivity contribution is 6.30. The van der Waals surface area contributed by atoms with Gasteiger partial charge in [0.1, 0.15) is 5.82 Å². The van der Waals surface area contributed by atoms with Gasteiger partial charge in [-0.2, -0.15) is 0 Å². The maximum absolute atomic E-state index is 13.2. The van der Waals surface area contributed by atoms with Crippen molar-refractivity contribution in [3.8, 4) is 0 Å². The summed E-state index contributed by atoms with van der Waals surface area (Å²) in [6, 6.07) is 4.52. The zero-order chi connectivity index (χ0) is 11.5. The first-order valence-corrected chi connectivity index (χ1v) is 5.51. The fraction of sp³-hybridized carbons (Fsp3) is 0.364. The third-order valence-corrected chi connectivity index (χ3v) is 2.57. The van der Waals surface area contributed by atoms with Crippen LogP contribution in [0.2, 0.25) is 5.02 Å². The molecule has 1 amide bonds. The number of amides is 1. The van der Waals surface area contributed by atoms with E-state index in [1.807, 2.05) is 0 Å². The van der Waals surface area contributed by atoms with Gasteiger partial charge in [-0.25, -0.2) is 4.39 Å². The summed E-state index contributed by atoms with van der Waals surface area (Å²) >= 11 is 5.70. The first-order valence-electron chi connectivity index (χ1n) is 5.13. The minimum Gasteiger partial charge on any atom is -0.322 e. The van der Waals surface area contributed by atoms with Gasteiger partial charge in [-0.15, -0.1) is 0 Å². The average molecular weight is 243 g/mol. The van der Waals surface area contributed by atoms with Crippen molar-refractivity contribution in [3.63, 3.8) is 0 Å². The lowest BCUT2D eigenvalue weighted by Crippen LogP contribution is -2.29. The second-order valence-electron chi connectivity index (χ2n) is 3.83. The lowest BCUT2D eigenvalue weighted by molar-refractivity contribution is -0.115. The Morgan fingerprint density at radius 3 is 2.94 bits per heavy atom. The summed E-state index contributed by atoms with van der Waals surface area (Å²) in [6.45, 7) is 0.205. The van der Waals surface area contributed by atoms with Crippen molar-refractivity contribution >= 4 is 23.2 Å². The lowest BCUT2D eigenvalue weighted by Gasteiger charge is -2.07. The molecule has 3 nitrogen and oxygen atoms in total. The molecule has 0 bridgehead atoms. The molecule has 0 aliphatic heterocycles. The molecule has 16 heavy (non-hydrogen) atoms. The largest absolute Gasteiger partial charge is 0.322 e. The molecule has 0 spiro atoms. The van der Waals surface area contributed by atoms with Crippen LogP contribution in [0, 0.1) is 5.82 Å². The molecular weight excluding hydrogens is 231 g/mol. The summed E-state index contributed by atoms with van der Waals surface area (Å²) in [5, 5.41) is 5.91. The summed E-state index contributed by atoms with van der Waals surface area (Å²) < 4.78 is 13.2. The molecule has 86 valence electrons. The van der Waals surface area contributed by atoms with Gasteiger partial charge in [-0.1, -0.05) is 11.6 Å². The Kier molecular flexibility index (Phi) is 3.41. The first kappa shape index (κ1) is 11.4.